The molecular formula is C16H24N2O3. The molecule has 0 bridgehead atoms. The lowest BCUT2D eigenvalue weighted by atomic mass is 10.0. The van der Waals surface area contributed by atoms with E-state index >= 15 is 0 Å². The molecule has 5 heteroatoms. The number of amides is 2. The van der Waals surface area contributed by atoms with Crippen molar-refractivity contribution in [1.29, 1.82) is 0 Å². The smallest absolute Gasteiger partial charge is 0.254 e. The monoisotopic (exact) mass is 292 g/mol. The Bertz CT molecular complexity index is 460. The Kier molecular flexibility index (Phi) is 6.88. The van der Waals surface area contributed by atoms with E-state index in [0.29, 0.717) is 12.0 Å². The van der Waals surface area contributed by atoms with Crippen LogP contribution >= 0.6 is 0 Å². The van der Waals surface area contributed by atoms with Gasteiger partial charge in [-0.25, -0.2) is 0 Å². The van der Waals surface area contributed by atoms with Crippen LogP contribution in [0.25, 0.3) is 0 Å². The number of aliphatic hydroxyl groups excluding tert-OH is 1. The van der Waals surface area contributed by atoms with Gasteiger partial charge in [0.1, 0.15) is 0 Å². The van der Waals surface area contributed by atoms with Crippen molar-refractivity contribution >= 4 is 11.8 Å². The molecule has 0 aliphatic carbocycles. The van der Waals surface area contributed by atoms with Gasteiger partial charge < -0.3 is 15.3 Å². The summed E-state index contributed by atoms with van der Waals surface area (Å²) in [6.07, 6.45) is 0.514. The van der Waals surface area contributed by atoms with Gasteiger partial charge in [-0.1, -0.05) is 32.0 Å². The van der Waals surface area contributed by atoms with Crippen LogP contribution in [0.1, 0.15) is 30.6 Å². The Labute approximate surface area is 126 Å². The van der Waals surface area contributed by atoms with Gasteiger partial charge in [0.15, 0.2) is 0 Å². The maximum absolute atomic E-state index is 12.1. The molecule has 21 heavy (non-hydrogen) atoms. The molecule has 0 spiro atoms. The molecule has 0 aliphatic rings. The molecule has 0 fully saturated rings. The molecule has 5 nitrogen and oxygen atoms in total. The minimum Gasteiger partial charge on any atom is -0.396 e. The summed E-state index contributed by atoms with van der Waals surface area (Å²) < 4.78 is 0. The standard InChI is InChI=1S/C16H24N2O3/c1-12(2)14(9-10-19)17-15(20)11-18(3)16(21)13-7-5-4-6-8-13/h4-8,12,14,19H,9-11H2,1-3H3,(H,17,20). The number of benzene rings is 1. The van der Waals surface area contributed by atoms with Gasteiger partial charge in [-0.15, -0.1) is 0 Å². The number of nitrogens with one attached hydrogen (secondary N) is 1. The molecule has 1 atom stereocenters. The Morgan fingerprint density at radius 2 is 1.86 bits per heavy atom. The summed E-state index contributed by atoms with van der Waals surface area (Å²) in [5.41, 5.74) is 0.559. The van der Waals surface area contributed by atoms with Gasteiger partial charge in [0.05, 0.1) is 6.54 Å². The number of hydrogen-bond donors (Lipinski definition) is 2. The van der Waals surface area contributed by atoms with E-state index in [4.69, 9.17) is 5.11 Å². The first-order valence-electron chi connectivity index (χ1n) is 7.16. The maximum atomic E-state index is 12.1. The topological polar surface area (TPSA) is 69.6 Å². The highest BCUT2D eigenvalue weighted by Crippen LogP contribution is 2.06. The molecule has 0 saturated carbocycles. The fourth-order valence-corrected chi connectivity index (χ4v) is 2.05. The average molecular weight is 292 g/mol. The van der Waals surface area contributed by atoms with Gasteiger partial charge in [0.25, 0.3) is 5.91 Å². The molecule has 2 N–H and O–H groups in total. The number of aliphatic hydroxyl groups is 1. The number of nitrogens with zero attached hydrogens (tertiary/aromatic N) is 1. The Morgan fingerprint density at radius 3 is 2.38 bits per heavy atom. The van der Waals surface area contributed by atoms with Gasteiger partial charge in [-0.05, 0) is 24.5 Å². The zero-order chi connectivity index (χ0) is 15.8. The fourth-order valence-electron chi connectivity index (χ4n) is 2.05. The van der Waals surface area contributed by atoms with E-state index in [1.807, 2.05) is 19.9 Å². The van der Waals surface area contributed by atoms with E-state index in [9.17, 15) is 9.59 Å². The number of carbonyl (C=O) groups is 2. The lowest BCUT2D eigenvalue weighted by Crippen LogP contribution is -2.45. The van der Waals surface area contributed by atoms with Crippen LogP contribution in [0, 0.1) is 5.92 Å². The summed E-state index contributed by atoms with van der Waals surface area (Å²) in [4.78, 5) is 25.5. The van der Waals surface area contributed by atoms with Crippen molar-refractivity contribution in [3.8, 4) is 0 Å². The van der Waals surface area contributed by atoms with Crippen molar-refractivity contribution in [3.05, 3.63) is 35.9 Å². The first-order chi connectivity index (χ1) is 9.95. The average Bonchev–Trinajstić information content (AvgIpc) is 2.46. The third-order valence-electron chi connectivity index (χ3n) is 3.34. The van der Waals surface area contributed by atoms with Gasteiger partial charge in [-0.3, -0.25) is 9.59 Å². The number of hydrogen-bond acceptors (Lipinski definition) is 3. The highest BCUT2D eigenvalue weighted by atomic mass is 16.3. The largest absolute Gasteiger partial charge is 0.396 e. The van der Waals surface area contributed by atoms with E-state index in [0.717, 1.165) is 0 Å². The maximum Gasteiger partial charge on any atom is 0.254 e. The van der Waals surface area contributed by atoms with Crippen LogP contribution in [-0.4, -0.2) is 48.1 Å². The van der Waals surface area contributed by atoms with E-state index in [2.05, 4.69) is 5.32 Å². The normalized spacial score (nSPS) is 12.0. The van der Waals surface area contributed by atoms with Crippen molar-refractivity contribution in [1.82, 2.24) is 10.2 Å². The van der Waals surface area contributed by atoms with Gasteiger partial charge in [0.2, 0.25) is 5.91 Å². The third-order valence-corrected chi connectivity index (χ3v) is 3.34. The molecule has 0 radical (unpaired) electrons. The van der Waals surface area contributed by atoms with E-state index in [1.165, 1.54) is 4.90 Å². The molecule has 0 aromatic heterocycles. The summed E-state index contributed by atoms with van der Waals surface area (Å²) in [6.45, 7) is 4.00. The Hall–Kier alpha value is -1.88. The second-order valence-corrected chi connectivity index (χ2v) is 5.46. The fraction of sp³-hybridized carbons (Fsp3) is 0.500. The van der Waals surface area contributed by atoms with Crippen LogP contribution in [0.4, 0.5) is 0 Å². The molecule has 116 valence electrons. The summed E-state index contributed by atoms with van der Waals surface area (Å²) in [5, 5.41) is 11.9. The number of carbonyl (C=O) groups excluding carboxylic acids is 2. The second kappa shape index (κ2) is 8.42. The quantitative estimate of drug-likeness (QED) is 0.795. The summed E-state index contributed by atoms with van der Waals surface area (Å²) in [6, 6.07) is 8.78. The van der Waals surface area contributed by atoms with Gasteiger partial charge in [0, 0.05) is 25.3 Å². The van der Waals surface area contributed by atoms with Crippen molar-refractivity contribution < 1.29 is 14.7 Å². The SMILES string of the molecule is CC(C)C(CCO)NC(=O)CN(C)C(=O)c1ccccc1. The van der Waals surface area contributed by atoms with Crippen LogP contribution < -0.4 is 5.32 Å². The molecule has 1 aromatic rings. The van der Waals surface area contributed by atoms with Crippen molar-refractivity contribution in [2.24, 2.45) is 5.92 Å². The summed E-state index contributed by atoms with van der Waals surface area (Å²) >= 11 is 0. The van der Waals surface area contributed by atoms with Crippen molar-refractivity contribution in [2.75, 3.05) is 20.2 Å². The van der Waals surface area contributed by atoms with Crippen molar-refractivity contribution in [2.45, 2.75) is 26.3 Å². The van der Waals surface area contributed by atoms with Crippen LogP contribution in [0.2, 0.25) is 0 Å². The minimum absolute atomic E-state index is 0.00236. The van der Waals surface area contributed by atoms with Crippen LogP contribution in [-0.2, 0) is 4.79 Å². The van der Waals surface area contributed by atoms with Crippen LogP contribution in [0.15, 0.2) is 30.3 Å². The predicted octanol–water partition coefficient (Wildman–Crippen LogP) is 1.28. The zero-order valence-corrected chi connectivity index (χ0v) is 12.9. The van der Waals surface area contributed by atoms with Gasteiger partial charge in [-0.2, -0.15) is 0 Å². The molecule has 1 unspecified atom stereocenters. The summed E-state index contributed by atoms with van der Waals surface area (Å²) in [7, 11) is 1.60. The minimum atomic E-state index is -0.214. The molecule has 0 aliphatic heterocycles. The molecule has 1 rings (SSSR count). The van der Waals surface area contributed by atoms with E-state index < -0.39 is 0 Å². The third kappa shape index (κ3) is 5.55. The highest BCUT2D eigenvalue weighted by molar-refractivity contribution is 5.96. The van der Waals surface area contributed by atoms with Gasteiger partial charge >= 0.3 is 0 Å². The molecule has 0 saturated heterocycles. The van der Waals surface area contributed by atoms with E-state index in [1.54, 1.807) is 31.3 Å². The predicted molar refractivity (Wildman–Crippen MR) is 81.9 cm³/mol. The molecule has 2 amide bonds. The van der Waals surface area contributed by atoms with Crippen molar-refractivity contribution in [3.63, 3.8) is 0 Å². The Balaban J connectivity index is 2.55. The molecular weight excluding hydrogens is 268 g/mol. The first kappa shape index (κ1) is 17.2. The molecule has 0 heterocycles. The Morgan fingerprint density at radius 1 is 1.24 bits per heavy atom. The molecule has 1 aromatic carbocycles. The number of likely N-dealkylation sites (N-methyl/N-ethyl adjacent to an activating group) is 1. The highest BCUT2D eigenvalue weighted by Gasteiger charge is 2.19. The number of rotatable bonds is 7. The van der Waals surface area contributed by atoms with Crippen LogP contribution in [0.3, 0.4) is 0 Å². The second-order valence-electron chi connectivity index (χ2n) is 5.46. The zero-order valence-electron chi connectivity index (χ0n) is 12.9. The van der Waals surface area contributed by atoms with Crippen LogP contribution in [0.5, 0.6) is 0 Å². The lowest BCUT2D eigenvalue weighted by molar-refractivity contribution is -0.122. The lowest BCUT2D eigenvalue weighted by Gasteiger charge is -2.23. The first-order valence-corrected chi connectivity index (χ1v) is 7.16. The summed E-state index contributed by atoms with van der Waals surface area (Å²) in [5.74, 6) is -0.167. The van der Waals surface area contributed by atoms with E-state index in [-0.39, 0.29) is 36.9 Å².